The van der Waals surface area contributed by atoms with Crippen molar-refractivity contribution in [2.75, 3.05) is 5.32 Å². The first kappa shape index (κ1) is 13.6. The van der Waals surface area contributed by atoms with Crippen LogP contribution in [0.5, 0.6) is 0 Å². The predicted octanol–water partition coefficient (Wildman–Crippen LogP) is 4.24. The quantitative estimate of drug-likeness (QED) is 0.849. The Morgan fingerprint density at radius 1 is 1.37 bits per heavy atom. The zero-order chi connectivity index (χ0) is 14.0. The van der Waals surface area contributed by atoms with Gasteiger partial charge in [0.15, 0.2) is 0 Å². The van der Waals surface area contributed by atoms with Gasteiger partial charge in [-0.25, -0.2) is 4.79 Å². The fourth-order valence-corrected chi connectivity index (χ4v) is 1.92. The van der Waals surface area contributed by atoms with Gasteiger partial charge in [-0.3, -0.25) is 10.3 Å². The lowest BCUT2D eigenvalue weighted by atomic mass is 10.1. The predicted molar refractivity (Wildman–Crippen MR) is 76.6 cm³/mol. The number of benzene rings is 1. The van der Waals surface area contributed by atoms with E-state index in [0.717, 1.165) is 10.8 Å². The number of amides is 1. The number of carbonyl (C=O) groups is 1. The average Bonchev–Trinajstić information content (AvgIpc) is 2.25. The van der Waals surface area contributed by atoms with E-state index in [1.165, 1.54) is 0 Å². The maximum absolute atomic E-state index is 11.8. The Morgan fingerprint density at radius 2 is 2.11 bits per heavy atom. The van der Waals surface area contributed by atoms with Gasteiger partial charge in [-0.15, -0.1) is 0 Å². The molecule has 4 nitrogen and oxygen atoms in total. The number of nitrogens with one attached hydrogen (secondary N) is 1. The number of carbonyl (C=O) groups excluding carboxylic acids is 1. The Balaban J connectivity index is 2.32. The molecule has 1 aromatic carbocycles. The number of rotatable bonds is 1. The highest BCUT2D eigenvalue weighted by Crippen LogP contribution is 2.27. The first-order valence-corrected chi connectivity index (χ1v) is 6.26. The monoisotopic (exact) mass is 278 g/mol. The molecule has 5 heteroatoms. The highest BCUT2D eigenvalue weighted by molar-refractivity contribution is 6.32. The molecule has 1 heterocycles. The van der Waals surface area contributed by atoms with E-state index in [9.17, 15) is 4.79 Å². The van der Waals surface area contributed by atoms with Crippen molar-refractivity contribution in [3.05, 3.63) is 35.6 Å². The third-order valence-corrected chi connectivity index (χ3v) is 2.57. The SMILES string of the molecule is CC(C)(C)OC(=O)Nc1cc(Cl)cc2cnccc12. The van der Waals surface area contributed by atoms with Gasteiger partial charge in [-0.1, -0.05) is 11.6 Å². The van der Waals surface area contributed by atoms with Crippen LogP contribution >= 0.6 is 11.6 Å². The maximum atomic E-state index is 11.8. The topological polar surface area (TPSA) is 51.2 Å². The van der Waals surface area contributed by atoms with E-state index in [1.54, 1.807) is 24.5 Å². The summed E-state index contributed by atoms with van der Waals surface area (Å²) >= 11 is 6.02. The van der Waals surface area contributed by atoms with Crippen LogP contribution in [0.25, 0.3) is 10.8 Å². The molecule has 0 saturated carbocycles. The summed E-state index contributed by atoms with van der Waals surface area (Å²) in [6.07, 6.45) is 2.85. The molecule has 0 unspecified atom stereocenters. The van der Waals surface area contributed by atoms with Crippen molar-refractivity contribution in [2.45, 2.75) is 26.4 Å². The van der Waals surface area contributed by atoms with Gasteiger partial charge in [0.05, 0.1) is 5.69 Å². The fourth-order valence-electron chi connectivity index (χ4n) is 1.69. The first-order chi connectivity index (χ1) is 8.85. The molecule has 0 aliphatic heterocycles. The van der Waals surface area contributed by atoms with Crippen LogP contribution in [0.4, 0.5) is 10.5 Å². The number of fused-ring (bicyclic) bond motifs is 1. The molecule has 1 amide bonds. The second-order valence-corrected chi connectivity index (χ2v) is 5.61. The molecule has 0 aliphatic rings. The number of nitrogens with zero attached hydrogens (tertiary/aromatic N) is 1. The van der Waals surface area contributed by atoms with Crippen LogP contribution < -0.4 is 5.32 Å². The van der Waals surface area contributed by atoms with Crippen molar-refractivity contribution < 1.29 is 9.53 Å². The summed E-state index contributed by atoms with van der Waals surface area (Å²) in [5.41, 5.74) is 0.0687. The van der Waals surface area contributed by atoms with Crippen molar-refractivity contribution in [2.24, 2.45) is 0 Å². The van der Waals surface area contributed by atoms with E-state index in [-0.39, 0.29) is 0 Å². The number of ether oxygens (including phenoxy) is 1. The van der Waals surface area contributed by atoms with Gasteiger partial charge >= 0.3 is 6.09 Å². The van der Waals surface area contributed by atoms with Crippen LogP contribution in [0, 0.1) is 0 Å². The Labute approximate surface area is 116 Å². The Morgan fingerprint density at radius 3 is 2.79 bits per heavy atom. The van der Waals surface area contributed by atoms with Crippen LogP contribution in [0.1, 0.15) is 20.8 Å². The zero-order valence-electron chi connectivity index (χ0n) is 11.0. The van der Waals surface area contributed by atoms with Gasteiger partial charge in [0.1, 0.15) is 5.60 Å². The van der Waals surface area contributed by atoms with Gasteiger partial charge in [0.25, 0.3) is 0 Å². The minimum atomic E-state index is -0.542. The number of hydrogen-bond acceptors (Lipinski definition) is 3. The largest absolute Gasteiger partial charge is 0.444 e. The van der Waals surface area contributed by atoms with Gasteiger partial charge < -0.3 is 4.74 Å². The summed E-state index contributed by atoms with van der Waals surface area (Å²) in [5, 5.41) is 4.97. The normalized spacial score (nSPS) is 11.4. The molecule has 1 N–H and O–H groups in total. The summed E-state index contributed by atoms with van der Waals surface area (Å²) < 4.78 is 5.22. The van der Waals surface area contributed by atoms with E-state index in [4.69, 9.17) is 16.3 Å². The van der Waals surface area contributed by atoms with E-state index < -0.39 is 11.7 Å². The lowest BCUT2D eigenvalue weighted by molar-refractivity contribution is 0.0636. The van der Waals surface area contributed by atoms with Gasteiger partial charge in [-0.05, 0) is 39.0 Å². The lowest BCUT2D eigenvalue weighted by Gasteiger charge is -2.20. The average molecular weight is 279 g/mol. The molecule has 0 aliphatic carbocycles. The smallest absolute Gasteiger partial charge is 0.412 e. The van der Waals surface area contributed by atoms with Crippen LogP contribution in [0.3, 0.4) is 0 Å². The summed E-state index contributed by atoms with van der Waals surface area (Å²) in [7, 11) is 0. The molecule has 0 spiro atoms. The molecule has 19 heavy (non-hydrogen) atoms. The molecular formula is C14H15ClN2O2. The van der Waals surface area contributed by atoms with Gasteiger partial charge in [0.2, 0.25) is 0 Å². The highest BCUT2D eigenvalue weighted by Gasteiger charge is 2.17. The van der Waals surface area contributed by atoms with Crippen LogP contribution in [-0.4, -0.2) is 16.7 Å². The first-order valence-electron chi connectivity index (χ1n) is 5.88. The molecular weight excluding hydrogens is 264 g/mol. The van der Waals surface area contributed by atoms with Crippen molar-refractivity contribution >= 4 is 34.2 Å². The summed E-state index contributed by atoms with van der Waals surface area (Å²) in [6.45, 7) is 5.44. The Bertz CT molecular complexity index is 620. The summed E-state index contributed by atoms with van der Waals surface area (Å²) in [6, 6.07) is 5.30. The van der Waals surface area contributed by atoms with Crippen LogP contribution in [0.2, 0.25) is 5.02 Å². The number of anilines is 1. The molecule has 2 rings (SSSR count). The summed E-state index contributed by atoms with van der Waals surface area (Å²) in [5.74, 6) is 0. The minimum Gasteiger partial charge on any atom is -0.444 e. The zero-order valence-corrected chi connectivity index (χ0v) is 11.8. The molecule has 100 valence electrons. The third kappa shape index (κ3) is 3.58. The van der Waals surface area contributed by atoms with E-state index in [0.29, 0.717) is 10.7 Å². The molecule has 0 radical (unpaired) electrons. The molecule has 0 saturated heterocycles. The second kappa shape index (κ2) is 5.05. The van der Waals surface area contributed by atoms with E-state index in [1.807, 2.05) is 26.8 Å². The fraction of sp³-hybridized carbons (Fsp3) is 0.286. The van der Waals surface area contributed by atoms with Crippen molar-refractivity contribution in [1.82, 2.24) is 4.98 Å². The van der Waals surface area contributed by atoms with E-state index >= 15 is 0 Å². The standard InChI is InChI=1S/C14H15ClN2O2/c1-14(2,3)19-13(18)17-12-7-10(15)6-9-8-16-5-4-11(9)12/h4-8H,1-3H3,(H,17,18). The number of hydrogen-bond donors (Lipinski definition) is 1. The molecule has 2 aromatic rings. The molecule has 0 atom stereocenters. The minimum absolute atomic E-state index is 0.507. The Kier molecular flexibility index (Phi) is 3.62. The second-order valence-electron chi connectivity index (χ2n) is 5.18. The summed E-state index contributed by atoms with van der Waals surface area (Å²) in [4.78, 5) is 15.8. The number of halogens is 1. The van der Waals surface area contributed by atoms with E-state index in [2.05, 4.69) is 10.3 Å². The van der Waals surface area contributed by atoms with Gasteiger partial charge in [-0.2, -0.15) is 0 Å². The van der Waals surface area contributed by atoms with Crippen molar-refractivity contribution in [3.63, 3.8) is 0 Å². The lowest BCUT2D eigenvalue weighted by Crippen LogP contribution is -2.27. The molecule has 0 fully saturated rings. The third-order valence-electron chi connectivity index (χ3n) is 2.35. The molecule has 1 aromatic heterocycles. The van der Waals surface area contributed by atoms with Crippen LogP contribution in [-0.2, 0) is 4.74 Å². The Hall–Kier alpha value is -1.81. The van der Waals surface area contributed by atoms with Crippen molar-refractivity contribution in [3.8, 4) is 0 Å². The highest BCUT2D eigenvalue weighted by atomic mass is 35.5. The van der Waals surface area contributed by atoms with Crippen molar-refractivity contribution in [1.29, 1.82) is 0 Å². The van der Waals surface area contributed by atoms with Crippen LogP contribution in [0.15, 0.2) is 30.6 Å². The molecule has 0 bridgehead atoms. The number of pyridine rings is 1. The maximum Gasteiger partial charge on any atom is 0.412 e. The number of aromatic nitrogens is 1. The van der Waals surface area contributed by atoms with Gasteiger partial charge in [0, 0.05) is 28.2 Å².